The highest BCUT2D eigenvalue weighted by Gasteiger charge is 2.15. The molecule has 0 bridgehead atoms. The molecule has 0 aliphatic heterocycles. The van der Waals surface area contributed by atoms with Crippen LogP contribution in [0.2, 0.25) is 5.02 Å². The Morgan fingerprint density at radius 3 is 2.59 bits per heavy atom. The van der Waals surface area contributed by atoms with Gasteiger partial charge in [0.05, 0.1) is 5.02 Å². The van der Waals surface area contributed by atoms with E-state index in [4.69, 9.17) is 23.8 Å². The number of nitrogens with zero attached hydrogens (tertiary/aromatic N) is 1. The molecule has 1 N–H and O–H groups in total. The maximum absolute atomic E-state index is 13.6. The Hall–Kier alpha value is -1.27. The molecule has 1 heterocycles. The van der Waals surface area contributed by atoms with E-state index in [9.17, 15) is 13.2 Å². The van der Waals surface area contributed by atoms with Crippen LogP contribution >= 0.6 is 23.8 Å². The Bertz CT molecular complexity index is 586. The Morgan fingerprint density at radius 1 is 1.35 bits per heavy atom. The third-order valence-corrected chi connectivity index (χ3v) is 2.74. The molecule has 90 valence electrons. The number of alkyl halides is 2. The summed E-state index contributed by atoms with van der Waals surface area (Å²) in [6, 6.07) is 5.11. The van der Waals surface area contributed by atoms with Gasteiger partial charge in [-0.25, -0.2) is 17.9 Å². The summed E-state index contributed by atoms with van der Waals surface area (Å²) in [7, 11) is 0. The molecule has 1 aromatic carbocycles. The number of halogens is 4. The smallest absolute Gasteiger partial charge is 0.279 e. The van der Waals surface area contributed by atoms with Crippen LogP contribution in [0.1, 0.15) is 12.1 Å². The normalized spacial score (nSPS) is 11.1. The molecule has 0 atom stereocenters. The van der Waals surface area contributed by atoms with Gasteiger partial charge in [0.1, 0.15) is 21.8 Å². The van der Waals surface area contributed by atoms with Gasteiger partial charge < -0.3 is 0 Å². The molecule has 1 aromatic heterocycles. The van der Waals surface area contributed by atoms with Crippen LogP contribution in [0.3, 0.4) is 0 Å². The Kier molecular flexibility index (Phi) is 3.26. The predicted molar refractivity (Wildman–Crippen MR) is 60.9 cm³/mol. The largest absolute Gasteiger partial charge is 0.291 e. The predicted octanol–water partition coefficient (Wildman–Crippen LogP) is 4.26. The van der Waals surface area contributed by atoms with E-state index in [2.05, 4.69) is 5.10 Å². The van der Waals surface area contributed by atoms with Crippen molar-refractivity contribution in [3.63, 3.8) is 0 Å². The fourth-order valence-corrected chi connectivity index (χ4v) is 1.91. The van der Waals surface area contributed by atoms with Crippen LogP contribution in [0.5, 0.6) is 0 Å². The SMILES string of the molecule is Fc1cccc(Cl)c1-n1[nH]c(C(F)F)cc1=S. The van der Waals surface area contributed by atoms with Gasteiger partial charge in [-0.05, 0) is 12.1 Å². The molecule has 0 spiro atoms. The fourth-order valence-electron chi connectivity index (χ4n) is 1.39. The molecule has 0 saturated heterocycles. The summed E-state index contributed by atoms with van der Waals surface area (Å²) in [5.74, 6) is -0.642. The zero-order valence-corrected chi connectivity index (χ0v) is 9.83. The molecule has 2 rings (SSSR count). The first-order valence-corrected chi connectivity index (χ1v) is 5.34. The maximum Gasteiger partial charge on any atom is 0.279 e. The van der Waals surface area contributed by atoms with Crippen molar-refractivity contribution >= 4 is 23.8 Å². The van der Waals surface area contributed by atoms with Gasteiger partial charge in [0.15, 0.2) is 0 Å². The lowest BCUT2D eigenvalue weighted by Crippen LogP contribution is -2.01. The molecular formula is C10H6ClF3N2S. The topological polar surface area (TPSA) is 20.7 Å². The van der Waals surface area contributed by atoms with Crippen LogP contribution in [-0.4, -0.2) is 9.78 Å². The van der Waals surface area contributed by atoms with Crippen molar-refractivity contribution in [3.8, 4) is 5.69 Å². The number of aromatic nitrogens is 2. The first-order chi connectivity index (χ1) is 8.00. The van der Waals surface area contributed by atoms with E-state index < -0.39 is 12.2 Å². The van der Waals surface area contributed by atoms with Gasteiger partial charge in [0.2, 0.25) is 0 Å². The lowest BCUT2D eigenvalue weighted by atomic mass is 10.3. The average molecular weight is 279 g/mol. The minimum Gasteiger partial charge on any atom is -0.291 e. The van der Waals surface area contributed by atoms with Gasteiger partial charge in [0, 0.05) is 6.07 Å². The molecule has 2 aromatic rings. The second-order valence-corrected chi connectivity index (χ2v) is 4.08. The highest BCUT2D eigenvalue weighted by Crippen LogP contribution is 2.25. The van der Waals surface area contributed by atoms with Crippen LogP contribution in [0.25, 0.3) is 5.69 Å². The molecule has 7 heteroatoms. The molecule has 0 fully saturated rings. The van der Waals surface area contributed by atoms with Crippen molar-refractivity contribution in [2.45, 2.75) is 6.43 Å². The van der Waals surface area contributed by atoms with Crippen LogP contribution in [-0.2, 0) is 0 Å². The fraction of sp³-hybridized carbons (Fsp3) is 0.100. The second-order valence-electron chi connectivity index (χ2n) is 3.26. The van der Waals surface area contributed by atoms with E-state index in [1.165, 1.54) is 18.2 Å². The number of aromatic amines is 1. The number of hydrogen-bond donors (Lipinski definition) is 1. The van der Waals surface area contributed by atoms with Crippen molar-refractivity contribution in [3.05, 3.63) is 45.4 Å². The summed E-state index contributed by atoms with van der Waals surface area (Å²) in [5.41, 5.74) is -0.444. The molecule has 0 aliphatic rings. The number of para-hydroxylation sites is 1. The summed E-state index contributed by atoms with van der Waals surface area (Å²) < 4.78 is 39.5. The van der Waals surface area contributed by atoms with Crippen molar-refractivity contribution < 1.29 is 13.2 Å². The first kappa shape index (κ1) is 12.2. The maximum atomic E-state index is 13.6. The minimum absolute atomic E-state index is 0.0345. The molecular weight excluding hydrogens is 273 g/mol. The number of nitrogens with one attached hydrogen (secondary N) is 1. The third kappa shape index (κ3) is 2.23. The summed E-state index contributed by atoms with van der Waals surface area (Å²) in [5, 5.41) is 2.40. The van der Waals surface area contributed by atoms with Crippen LogP contribution in [0.15, 0.2) is 24.3 Å². The molecule has 0 amide bonds. The summed E-state index contributed by atoms with van der Waals surface area (Å²) in [6.07, 6.45) is -2.71. The van der Waals surface area contributed by atoms with E-state index in [0.717, 1.165) is 10.7 Å². The molecule has 0 radical (unpaired) electrons. The highest BCUT2D eigenvalue weighted by atomic mass is 35.5. The Balaban J connectivity index is 2.65. The van der Waals surface area contributed by atoms with E-state index in [0.29, 0.717) is 0 Å². The second kappa shape index (κ2) is 4.54. The average Bonchev–Trinajstić information content (AvgIpc) is 2.61. The van der Waals surface area contributed by atoms with Crippen molar-refractivity contribution in [2.24, 2.45) is 0 Å². The number of H-pyrrole nitrogens is 1. The zero-order chi connectivity index (χ0) is 12.6. The van der Waals surface area contributed by atoms with Gasteiger partial charge in [-0.2, -0.15) is 0 Å². The lowest BCUT2D eigenvalue weighted by Gasteiger charge is -2.06. The lowest BCUT2D eigenvalue weighted by molar-refractivity contribution is 0.145. The van der Waals surface area contributed by atoms with Gasteiger partial charge in [-0.1, -0.05) is 29.9 Å². The van der Waals surface area contributed by atoms with Crippen LogP contribution < -0.4 is 0 Å². The molecule has 2 nitrogen and oxygen atoms in total. The number of hydrogen-bond acceptors (Lipinski definition) is 1. The van der Waals surface area contributed by atoms with Gasteiger partial charge >= 0.3 is 0 Å². The summed E-state index contributed by atoms with van der Waals surface area (Å²) >= 11 is 10.7. The van der Waals surface area contributed by atoms with Gasteiger partial charge in [0.25, 0.3) is 6.43 Å². The monoisotopic (exact) mass is 278 g/mol. The minimum atomic E-state index is -2.71. The highest BCUT2D eigenvalue weighted by molar-refractivity contribution is 7.71. The van der Waals surface area contributed by atoms with Crippen LogP contribution in [0, 0.1) is 10.5 Å². The van der Waals surface area contributed by atoms with E-state index >= 15 is 0 Å². The Labute approximate surface area is 105 Å². The summed E-state index contributed by atoms with van der Waals surface area (Å²) in [4.78, 5) is 0. The quantitative estimate of drug-likeness (QED) is 0.814. The van der Waals surface area contributed by atoms with Crippen molar-refractivity contribution in [2.75, 3.05) is 0 Å². The first-order valence-electron chi connectivity index (χ1n) is 4.55. The molecule has 17 heavy (non-hydrogen) atoms. The zero-order valence-electron chi connectivity index (χ0n) is 8.25. The molecule has 0 aliphatic carbocycles. The third-order valence-electron chi connectivity index (χ3n) is 2.14. The van der Waals surface area contributed by atoms with E-state index in [-0.39, 0.29) is 21.0 Å². The molecule has 0 unspecified atom stereocenters. The van der Waals surface area contributed by atoms with Gasteiger partial charge in [-0.15, -0.1) is 0 Å². The molecule has 0 saturated carbocycles. The number of benzene rings is 1. The van der Waals surface area contributed by atoms with Crippen LogP contribution in [0.4, 0.5) is 13.2 Å². The summed E-state index contributed by atoms with van der Waals surface area (Å²) in [6.45, 7) is 0. The van der Waals surface area contributed by atoms with Crippen molar-refractivity contribution in [1.29, 1.82) is 0 Å². The van der Waals surface area contributed by atoms with Gasteiger partial charge in [-0.3, -0.25) is 5.10 Å². The Morgan fingerprint density at radius 2 is 2.06 bits per heavy atom. The van der Waals surface area contributed by atoms with E-state index in [1.807, 2.05) is 0 Å². The number of rotatable bonds is 2. The van der Waals surface area contributed by atoms with E-state index in [1.54, 1.807) is 0 Å². The van der Waals surface area contributed by atoms with Crippen molar-refractivity contribution in [1.82, 2.24) is 9.78 Å². The standard InChI is InChI=1S/C10H6ClF3N2S/c11-5-2-1-3-6(12)9(5)16-8(17)4-7(15-16)10(13)14/h1-4,10,15H.